The van der Waals surface area contributed by atoms with Crippen molar-refractivity contribution >= 4 is 46.6 Å². The molecule has 1 N–H and O–H groups in total. The Kier molecular flexibility index (Phi) is 7.68. The van der Waals surface area contributed by atoms with Crippen molar-refractivity contribution in [2.45, 2.75) is 33.6 Å². The van der Waals surface area contributed by atoms with Gasteiger partial charge < -0.3 is 9.30 Å². The van der Waals surface area contributed by atoms with E-state index in [0.29, 0.717) is 22.9 Å². The SMILES string of the molecule is Cc1cc(/C=C2\C(=O)NC(=S)N(c3ccc(C(C)C)cc3)C2=O)c(C)n1-c1ccc(Oc2ccc([N+](=O)[O-])cn2)cc1. The van der Waals surface area contributed by atoms with E-state index in [9.17, 15) is 19.7 Å². The third kappa shape index (κ3) is 5.54. The normalized spacial score (nSPS) is 14.5. The highest BCUT2D eigenvalue weighted by Gasteiger charge is 2.34. The number of thiocarbonyl (C=S) groups is 1. The second-order valence-corrected chi connectivity index (χ2v) is 10.5. The Bertz CT molecular complexity index is 1740. The van der Waals surface area contributed by atoms with E-state index < -0.39 is 16.7 Å². The van der Waals surface area contributed by atoms with E-state index in [2.05, 4.69) is 24.1 Å². The van der Waals surface area contributed by atoms with Gasteiger partial charge in [0.25, 0.3) is 17.5 Å². The molecule has 10 nitrogen and oxygen atoms in total. The van der Waals surface area contributed by atoms with Crippen molar-refractivity contribution in [1.29, 1.82) is 0 Å². The van der Waals surface area contributed by atoms with Crippen molar-refractivity contribution in [3.63, 3.8) is 0 Å². The van der Waals surface area contributed by atoms with Crippen LogP contribution in [0.15, 0.2) is 78.5 Å². The first-order valence-electron chi connectivity index (χ1n) is 13.1. The van der Waals surface area contributed by atoms with Gasteiger partial charge in [-0.05, 0) is 91.7 Å². The van der Waals surface area contributed by atoms with Crippen LogP contribution in [0, 0.1) is 24.0 Å². The number of anilines is 1. The molecule has 42 heavy (non-hydrogen) atoms. The van der Waals surface area contributed by atoms with Gasteiger partial charge in [-0.2, -0.15) is 0 Å². The molecule has 0 atom stereocenters. The molecule has 0 bridgehead atoms. The summed E-state index contributed by atoms with van der Waals surface area (Å²) in [5.74, 6) is 0.0324. The monoisotopic (exact) mass is 581 g/mol. The molecule has 0 unspecified atom stereocenters. The lowest BCUT2D eigenvalue weighted by Gasteiger charge is -2.29. The van der Waals surface area contributed by atoms with Gasteiger partial charge in [-0.15, -0.1) is 0 Å². The van der Waals surface area contributed by atoms with Gasteiger partial charge in [-0.3, -0.25) is 29.9 Å². The van der Waals surface area contributed by atoms with Crippen LogP contribution in [0.1, 0.15) is 42.3 Å². The summed E-state index contributed by atoms with van der Waals surface area (Å²) in [5, 5.41) is 13.5. The van der Waals surface area contributed by atoms with Gasteiger partial charge in [0, 0.05) is 29.2 Å². The van der Waals surface area contributed by atoms with E-state index in [1.165, 1.54) is 17.0 Å². The molecule has 4 aromatic rings. The average molecular weight is 582 g/mol. The minimum Gasteiger partial charge on any atom is -0.439 e. The predicted octanol–water partition coefficient (Wildman–Crippen LogP) is 6.14. The molecule has 2 aromatic carbocycles. The number of hydrogen-bond donors (Lipinski definition) is 1. The highest BCUT2D eigenvalue weighted by atomic mass is 32.1. The lowest BCUT2D eigenvalue weighted by molar-refractivity contribution is -0.385. The van der Waals surface area contributed by atoms with Crippen LogP contribution >= 0.6 is 12.2 Å². The predicted molar refractivity (Wildman–Crippen MR) is 163 cm³/mol. The minimum absolute atomic E-state index is 0.0175. The van der Waals surface area contributed by atoms with Crippen LogP contribution in [0.3, 0.4) is 0 Å². The van der Waals surface area contributed by atoms with Crippen LogP contribution in [-0.2, 0) is 9.59 Å². The number of aryl methyl sites for hydroxylation is 1. The summed E-state index contributed by atoms with van der Waals surface area (Å²) in [4.78, 5) is 42.0. The lowest BCUT2D eigenvalue weighted by Crippen LogP contribution is -2.54. The van der Waals surface area contributed by atoms with Gasteiger partial charge in [0.15, 0.2) is 5.11 Å². The third-order valence-corrected chi connectivity index (χ3v) is 7.22. The molecule has 2 aromatic heterocycles. The molecular weight excluding hydrogens is 554 g/mol. The maximum Gasteiger partial charge on any atom is 0.287 e. The summed E-state index contributed by atoms with van der Waals surface area (Å²) in [7, 11) is 0. The van der Waals surface area contributed by atoms with E-state index in [4.69, 9.17) is 17.0 Å². The summed E-state index contributed by atoms with van der Waals surface area (Å²) in [6, 6.07) is 19.4. The number of hydrogen-bond acceptors (Lipinski definition) is 7. The molecule has 3 heterocycles. The molecule has 1 aliphatic rings. The standard InChI is InChI=1S/C31H27N5O5S/c1-18(2)21-5-7-24(8-6-21)35-30(38)27(29(37)33-31(35)42)16-22-15-19(3)34(20(22)4)23-9-12-26(13-10-23)41-28-14-11-25(17-32-28)36(39)40/h5-18H,1-4H3,(H,33,37,42)/b27-16+. The maximum absolute atomic E-state index is 13.5. The fourth-order valence-electron chi connectivity index (χ4n) is 4.71. The van der Waals surface area contributed by atoms with E-state index in [1.807, 2.05) is 60.9 Å². The van der Waals surface area contributed by atoms with E-state index >= 15 is 0 Å². The summed E-state index contributed by atoms with van der Waals surface area (Å²) >= 11 is 5.35. The summed E-state index contributed by atoms with van der Waals surface area (Å²) in [6.07, 6.45) is 2.73. The second kappa shape index (κ2) is 11.4. The largest absolute Gasteiger partial charge is 0.439 e. The van der Waals surface area contributed by atoms with Gasteiger partial charge in [-0.1, -0.05) is 26.0 Å². The number of nitrogens with zero attached hydrogens (tertiary/aromatic N) is 4. The number of nitrogens with one attached hydrogen (secondary N) is 1. The van der Waals surface area contributed by atoms with Crippen LogP contribution < -0.4 is 15.0 Å². The molecule has 2 amide bonds. The van der Waals surface area contributed by atoms with E-state index in [0.717, 1.165) is 28.8 Å². The molecule has 1 saturated heterocycles. The fourth-order valence-corrected chi connectivity index (χ4v) is 4.99. The van der Waals surface area contributed by atoms with E-state index in [1.54, 1.807) is 18.2 Å². The molecule has 1 aliphatic heterocycles. The smallest absolute Gasteiger partial charge is 0.287 e. The Hall–Kier alpha value is -5.16. The fraction of sp³-hybridized carbons (Fsp3) is 0.161. The summed E-state index contributed by atoms with van der Waals surface area (Å²) in [6.45, 7) is 8.01. The average Bonchev–Trinajstić information content (AvgIpc) is 3.24. The number of carbonyl (C=O) groups is 2. The van der Waals surface area contributed by atoms with Crippen LogP contribution in [0.25, 0.3) is 11.8 Å². The minimum atomic E-state index is -0.550. The lowest BCUT2D eigenvalue weighted by atomic mass is 10.0. The summed E-state index contributed by atoms with van der Waals surface area (Å²) in [5.41, 5.74) is 4.84. The van der Waals surface area contributed by atoms with Crippen molar-refractivity contribution < 1.29 is 19.2 Å². The Morgan fingerprint density at radius 3 is 2.26 bits per heavy atom. The molecular formula is C31H27N5O5S. The van der Waals surface area contributed by atoms with Gasteiger partial charge >= 0.3 is 0 Å². The molecule has 5 rings (SSSR count). The highest BCUT2D eigenvalue weighted by molar-refractivity contribution is 7.80. The Balaban J connectivity index is 1.40. The zero-order valence-corrected chi connectivity index (χ0v) is 24.1. The van der Waals surface area contributed by atoms with Crippen LogP contribution in [-0.4, -0.2) is 31.4 Å². The molecule has 11 heteroatoms. The molecule has 0 aliphatic carbocycles. The number of nitro groups is 1. The first-order valence-corrected chi connectivity index (χ1v) is 13.5. The van der Waals surface area contributed by atoms with Crippen LogP contribution in [0.4, 0.5) is 11.4 Å². The van der Waals surface area contributed by atoms with Gasteiger partial charge in [0.2, 0.25) is 5.88 Å². The van der Waals surface area contributed by atoms with Crippen molar-refractivity contribution in [3.8, 4) is 17.3 Å². The number of benzene rings is 2. The number of aromatic nitrogens is 2. The first-order chi connectivity index (χ1) is 20.0. The van der Waals surface area contributed by atoms with Crippen LogP contribution in [0.5, 0.6) is 11.6 Å². The van der Waals surface area contributed by atoms with Crippen molar-refractivity contribution in [3.05, 3.63) is 111 Å². The molecule has 0 radical (unpaired) electrons. The van der Waals surface area contributed by atoms with Crippen molar-refractivity contribution in [2.24, 2.45) is 0 Å². The summed E-state index contributed by atoms with van der Waals surface area (Å²) < 4.78 is 7.72. The number of amides is 2. The second-order valence-electron chi connectivity index (χ2n) is 10.1. The van der Waals surface area contributed by atoms with Gasteiger partial charge in [0.05, 0.1) is 10.6 Å². The van der Waals surface area contributed by atoms with E-state index in [-0.39, 0.29) is 22.3 Å². The zero-order valence-electron chi connectivity index (χ0n) is 23.3. The van der Waals surface area contributed by atoms with Crippen LogP contribution in [0.2, 0.25) is 0 Å². The molecule has 0 spiro atoms. The molecule has 212 valence electrons. The highest BCUT2D eigenvalue weighted by Crippen LogP contribution is 2.29. The zero-order chi connectivity index (χ0) is 30.1. The Labute approximate surface area is 247 Å². The number of ether oxygens (including phenoxy) is 1. The first kappa shape index (κ1) is 28.4. The molecule has 0 saturated carbocycles. The Morgan fingerprint density at radius 2 is 1.67 bits per heavy atom. The van der Waals surface area contributed by atoms with Gasteiger partial charge in [0.1, 0.15) is 17.5 Å². The quantitative estimate of drug-likeness (QED) is 0.0915. The van der Waals surface area contributed by atoms with Crippen molar-refractivity contribution in [2.75, 3.05) is 4.90 Å². The molecule has 1 fully saturated rings. The topological polar surface area (TPSA) is 120 Å². The maximum atomic E-state index is 13.5. The number of pyridine rings is 1. The van der Waals surface area contributed by atoms with Gasteiger partial charge in [-0.25, -0.2) is 4.98 Å². The third-order valence-electron chi connectivity index (χ3n) is 6.94. The number of carbonyl (C=O) groups excluding carboxylic acids is 2. The number of rotatable bonds is 7. The Morgan fingerprint density at radius 1 is 1.00 bits per heavy atom. The van der Waals surface area contributed by atoms with Crippen molar-refractivity contribution in [1.82, 2.24) is 14.9 Å².